The molecule has 0 saturated carbocycles. The van der Waals surface area contributed by atoms with Crippen molar-refractivity contribution in [2.75, 3.05) is 73.5 Å². The van der Waals surface area contributed by atoms with E-state index in [1.807, 2.05) is 19.1 Å². The Morgan fingerprint density at radius 2 is 1.69 bits per heavy atom. The van der Waals surface area contributed by atoms with Gasteiger partial charge in [-0.05, 0) is 37.6 Å². The highest BCUT2D eigenvalue weighted by molar-refractivity contribution is 6.32. The molecule has 11 nitrogen and oxygen atoms in total. The lowest BCUT2D eigenvalue weighted by atomic mass is 10.3. The highest BCUT2D eigenvalue weighted by atomic mass is 35.5. The molecule has 0 spiro atoms. The van der Waals surface area contributed by atoms with Crippen LogP contribution < -0.4 is 25.2 Å². The van der Waals surface area contributed by atoms with Gasteiger partial charge in [0.25, 0.3) is 0 Å². The molecule has 0 bridgehead atoms. The molecule has 0 radical (unpaired) electrons. The van der Waals surface area contributed by atoms with Gasteiger partial charge in [0.05, 0.1) is 12.1 Å². The lowest BCUT2D eigenvalue weighted by molar-refractivity contribution is 0.147. The van der Waals surface area contributed by atoms with Crippen LogP contribution in [0.3, 0.4) is 0 Å². The average Bonchev–Trinajstić information content (AvgIpc) is 2.89. The van der Waals surface area contributed by atoms with E-state index in [0.717, 1.165) is 44.2 Å². The van der Waals surface area contributed by atoms with Crippen LogP contribution in [0.1, 0.15) is 13.3 Å². The van der Waals surface area contributed by atoms with E-state index in [2.05, 4.69) is 45.4 Å². The topological polar surface area (TPSA) is 113 Å². The van der Waals surface area contributed by atoms with Crippen LogP contribution in [0.15, 0.2) is 36.7 Å². The summed E-state index contributed by atoms with van der Waals surface area (Å²) < 4.78 is 10.7. The summed E-state index contributed by atoms with van der Waals surface area (Å²) in [7, 11) is 1.58. The van der Waals surface area contributed by atoms with Gasteiger partial charge in [-0.1, -0.05) is 11.6 Å². The Balaban J connectivity index is 1.49. The van der Waals surface area contributed by atoms with Crippen molar-refractivity contribution in [1.29, 1.82) is 0 Å². The Labute approximate surface area is 209 Å². The third-order valence-corrected chi connectivity index (χ3v) is 5.68. The Hall–Kier alpha value is -3.44. The van der Waals surface area contributed by atoms with Crippen molar-refractivity contribution in [2.24, 2.45) is 0 Å². The quantitative estimate of drug-likeness (QED) is 0.379. The first-order chi connectivity index (χ1) is 17.2. The summed E-state index contributed by atoms with van der Waals surface area (Å²) in [5, 5.41) is 7.03. The summed E-state index contributed by atoms with van der Waals surface area (Å²) in [6, 6.07) is 7.25. The maximum atomic E-state index is 6.29. The standard InChI is InChI=1S/C23H30ClN9O2/c1-3-35-15-5-10-25-20-29-21(28-17-6-7-19(34-2)18(24)16-17)31-23(30-20)33-13-11-32(12-14-33)22-26-8-4-9-27-22/h4,6-9,16H,3,5,10-15H2,1-2H3,(H2,25,28,29,30,31). The molecule has 3 heterocycles. The van der Waals surface area contributed by atoms with Crippen LogP contribution in [0.2, 0.25) is 5.02 Å². The largest absolute Gasteiger partial charge is 0.495 e. The summed E-state index contributed by atoms with van der Waals surface area (Å²) in [5.74, 6) is 2.87. The maximum absolute atomic E-state index is 6.29. The van der Waals surface area contributed by atoms with E-state index in [1.165, 1.54) is 0 Å². The van der Waals surface area contributed by atoms with Gasteiger partial charge in [-0.3, -0.25) is 0 Å². The zero-order valence-corrected chi connectivity index (χ0v) is 20.7. The highest BCUT2D eigenvalue weighted by Crippen LogP contribution is 2.28. The normalized spacial score (nSPS) is 13.6. The molecule has 1 saturated heterocycles. The second kappa shape index (κ2) is 12.3. The van der Waals surface area contributed by atoms with Crippen molar-refractivity contribution in [2.45, 2.75) is 13.3 Å². The van der Waals surface area contributed by atoms with E-state index >= 15 is 0 Å². The molecule has 4 rings (SSSR count). The minimum absolute atomic E-state index is 0.428. The number of methoxy groups -OCH3 is 1. The fraction of sp³-hybridized carbons (Fsp3) is 0.435. The van der Waals surface area contributed by atoms with Gasteiger partial charge in [0.2, 0.25) is 23.8 Å². The van der Waals surface area contributed by atoms with E-state index in [9.17, 15) is 0 Å². The lowest BCUT2D eigenvalue weighted by Crippen LogP contribution is -2.47. The summed E-state index contributed by atoms with van der Waals surface area (Å²) >= 11 is 6.29. The minimum atomic E-state index is 0.428. The summed E-state index contributed by atoms with van der Waals surface area (Å²) in [6.07, 6.45) is 4.36. The fourth-order valence-corrected chi connectivity index (χ4v) is 3.85. The van der Waals surface area contributed by atoms with Gasteiger partial charge in [0.15, 0.2) is 0 Å². The van der Waals surface area contributed by atoms with Crippen molar-refractivity contribution >= 4 is 41.1 Å². The molecule has 1 aliphatic heterocycles. The molecule has 35 heavy (non-hydrogen) atoms. The van der Waals surface area contributed by atoms with Crippen LogP contribution >= 0.6 is 11.6 Å². The Morgan fingerprint density at radius 1 is 0.971 bits per heavy atom. The zero-order valence-electron chi connectivity index (χ0n) is 19.9. The van der Waals surface area contributed by atoms with Crippen molar-refractivity contribution in [1.82, 2.24) is 24.9 Å². The van der Waals surface area contributed by atoms with Gasteiger partial charge in [0, 0.05) is 64.0 Å². The van der Waals surface area contributed by atoms with Crippen molar-refractivity contribution in [3.63, 3.8) is 0 Å². The Bertz CT molecular complexity index is 1080. The van der Waals surface area contributed by atoms with Crippen LogP contribution in [-0.4, -0.2) is 78.0 Å². The number of nitrogens with zero attached hydrogens (tertiary/aromatic N) is 7. The van der Waals surface area contributed by atoms with Crippen LogP contribution in [0.4, 0.5) is 29.5 Å². The van der Waals surface area contributed by atoms with E-state index in [-0.39, 0.29) is 0 Å². The van der Waals surface area contributed by atoms with E-state index in [4.69, 9.17) is 21.1 Å². The predicted octanol–water partition coefficient (Wildman–Crippen LogP) is 3.23. The molecule has 2 N–H and O–H groups in total. The number of rotatable bonds is 11. The van der Waals surface area contributed by atoms with Crippen molar-refractivity contribution in [3.05, 3.63) is 41.7 Å². The second-order valence-corrected chi connectivity index (χ2v) is 8.16. The fourth-order valence-electron chi connectivity index (χ4n) is 3.59. The van der Waals surface area contributed by atoms with Gasteiger partial charge in [-0.2, -0.15) is 15.0 Å². The summed E-state index contributed by atoms with van der Waals surface area (Å²) in [5.41, 5.74) is 0.751. The molecule has 2 aromatic heterocycles. The molecule has 0 unspecified atom stereocenters. The van der Waals surface area contributed by atoms with Crippen LogP contribution in [0.5, 0.6) is 5.75 Å². The molecule has 1 aromatic carbocycles. The molecule has 0 atom stereocenters. The third kappa shape index (κ3) is 6.80. The van der Waals surface area contributed by atoms with Gasteiger partial charge in [-0.25, -0.2) is 9.97 Å². The van der Waals surface area contributed by atoms with E-state index in [1.54, 1.807) is 31.6 Å². The number of hydrogen-bond acceptors (Lipinski definition) is 11. The zero-order chi connectivity index (χ0) is 24.5. The summed E-state index contributed by atoms with van der Waals surface area (Å²) in [6.45, 7) is 7.07. The molecule has 1 aliphatic rings. The molecule has 3 aromatic rings. The van der Waals surface area contributed by atoms with Gasteiger partial charge in [0.1, 0.15) is 5.75 Å². The van der Waals surface area contributed by atoms with Crippen molar-refractivity contribution < 1.29 is 9.47 Å². The predicted molar refractivity (Wildman–Crippen MR) is 137 cm³/mol. The lowest BCUT2D eigenvalue weighted by Gasteiger charge is -2.34. The molecular formula is C23H30ClN9O2. The average molecular weight is 500 g/mol. The first-order valence-corrected chi connectivity index (χ1v) is 12.0. The number of benzene rings is 1. The molecule has 12 heteroatoms. The number of hydrogen-bond donors (Lipinski definition) is 2. The summed E-state index contributed by atoms with van der Waals surface area (Å²) in [4.78, 5) is 26.9. The highest BCUT2D eigenvalue weighted by Gasteiger charge is 2.22. The van der Waals surface area contributed by atoms with Crippen LogP contribution in [0, 0.1) is 0 Å². The van der Waals surface area contributed by atoms with E-state index in [0.29, 0.717) is 48.4 Å². The molecule has 0 aliphatic carbocycles. The molecule has 0 amide bonds. The maximum Gasteiger partial charge on any atom is 0.233 e. The van der Waals surface area contributed by atoms with Gasteiger partial charge in [-0.15, -0.1) is 0 Å². The van der Waals surface area contributed by atoms with Crippen LogP contribution in [-0.2, 0) is 4.74 Å². The Morgan fingerprint density at radius 3 is 2.37 bits per heavy atom. The number of halogens is 1. The molecule has 1 fully saturated rings. The molecular weight excluding hydrogens is 470 g/mol. The number of nitrogens with one attached hydrogen (secondary N) is 2. The van der Waals surface area contributed by atoms with Gasteiger partial charge >= 0.3 is 0 Å². The number of aromatic nitrogens is 5. The van der Waals surface area contributed by atoms with Gasteiger partial charge < -0.3 is 29.9 Å². The first kappa shape index (κ1) is 24.7. The number of anilines is 5. The van der Waals surface area contributed by atoms with Crippen LogP contribution in [0.25, 0.3) is 0 Å². The number of piperazine rings is 1. The smallest absolute Gasteiger partial charge is 0.233 e. The third-order valence-electron chi connectivity index (χ3n) is 5.38. The second-order valence-electron chi connectivity index (χ2n) is 7.76. The minimum Gasteiger partial charge on any atom is -0.495 e. The Kier molecular flexibility index (Phi) is 8.68. The monoisotopic (exact) mass is 499 g/mol. The van der Waals surface area contributed by atoms with E-state index < -0.39 is 0 Å². The first-order valence-electron chi connectivity index (χ1n) is 11.6. The SMILES string of the molecule is CCOCCCNc1nc(Nc2ccc(OC)c(Cl)c2)nc(N2CCN(c3ncccn3)CC2)n1. The number of ether oxygens (including phenoxy) is 2. The van der Waals surface area contributed by atoms with Crippen molar-refractivity contribution in [3.8, 4) is 5.75 Å². The molecule has 186 valence electrons.